The van der Waals surface area contributed by atoms with Crippen LogP contribution in [-0.4, -0.2) is 33.6 Å². The molecule has 0 saturated carbocycles. The molecule has 1 N–H and O–H groups in total. The van der Waals surface area contributed by atoms with Crippen LogP contribution in [0.1, 0.15) is 29.7 Å². The van der Waals surface area contributed by atoms with Crippen molar-refractivity contribution >= 4 is 68.9 Å². The Labute approximate surface area is 243 Å². The van der Waals surface area contributed by atoms with Crippen molar-refractivity contribution < 1.29 is 19.4 Å². The van der Waals surface area contributed by atoms with Crippen molar-refractivity contribution in [1.29, 1.82) is 0 Å². The maximum absolute atomic E-state index is 13.4. The van der Waals surface area contributed by atoms with Gasteiger partial charge in [0, 0.05) is 21.4 Å². The summed E-state index contributed by atoms with van der Waals surface area (Å²) in [6.07, 6.45) is 0. The molecule has 3 aromatic carbocycles. The molecule has 1 saturated heterocycles. The molecular formula is C28H21Cl2N3O4S2. The third-order valence-electron chi connectivity index (χ3n) is 5.92. The fourth-order valence-electron chi connectivity index (χ4n) is 4.13. The lowest BCUT2D eigenvalue weighted by molar-refractivity contribution is -0.132. The van der Waals surface area contributed by atoms with Crippen LogP contribution in [0.15, 0.2) is 82.7 Å². The second-order valence-corrected chi connectivity index (χ2v) is 11.5. The topological polar surface area (TPSA) is 92.6 Å². The summed E-state index contributed by atoms with van der Waals surface area (Å²) in [5.74, 6) is -0.728. The van der Waals surface area contributed by atoms with E-state index in [2.05, 4.69) is 10.2 Å². The number of aromatic nitrogens is 2. The van der Waals surface area contributed by atoms with E-state index in [1.807, 2.05) is 31.2 Å². The van der Waals surface area contributed by atoms with E-state index in [4.69, 9.17) is 27.9 Å². The van der Waals surface area contributed by atoms with Crippen molar-refractivity contribution in [2.75, 3.05) is 11.5 Å². The van der Waals surface area contributed by atoms with Gasteiger partial charge in [-0.1, -0.05) is 70.6 Å². The maximum atomic E-state index is 13.4. The number of amides is 1. The Kier molecular flexibility index (Phi) is 8.23. The average Bonchev–Trinajstić information content (AvgIpc) is 3.51. The van der Waals surface area contributed by atoms with Crippen LogP contribution in [0.5, 0.6) is 5.75 Å². The van der Waals surface area contributed by atoms with Crippen LogP contribution in [-0.2, 0) is 15.3 Å². The van der Waals surface area contributed by atoms with Crippen LogP contribution in [0.25, 0.3) is 5.76 Å². The molecule has 1 unspecified atom stereocenters. The molecule has 0 radical (unpaired) electrons. The van der Waals surface area contributed by atoms with Crippen LogP contribution in [0, 0.1) is 0 Å². The fraction of sp³-hybridized carbons (Fsp3) is 0.143. The molecule has 0 aliphatic carbocycles. The molecular weight excluding hydrogens is 577 g/mol. The molecule has 0 spiro atoms. The molecule has 1 aromatic heterocycles. The number of anilines is 1. The van der Waals surface area contributed by atoms with Gasteiger partial charge in [-0.05, 0) is 66.6 Å². The molecule has 7 nitrogen and oxygen atoms in total. The van der Waals surface area contributed by atoms with E-state index in [0.717, 1.165) is 5.56 Å². The molecule has 1 aliphatic heterocycles. The largest absolute Gasteiger partial charge is 0.507 e. The number of Topliss-reactive ketones (excluding diaryl/α,β-unsaturated/α-hetero) is 1. The lowest BCUT2D eigenvalue weighted by Gasteiger charge is -2.23. The number of rotatable bonds is 8. The van der Waals surface area contributed by atoms with E-state index in [-0.39, 0.29) is 16.5 Å². The molecule has 39 heavy (non-hydrogen) atoms. The number of benzene rings is 3. The van der Waals surface area contributed by atoms with Gasteiger partial charge < -0.3 is 9.84 Å². The summed E-state index contributed by atoms with van der Waals surface area (Å²) >= 11 is 14.6. The van der Waals surface area contributed by atoms with Crippen LogP contribution in [0.3, 0.4) is 0 Å². The molecule has 198 valence electrons. The van der Waals surface area contributed by atoms with Crippen molar-refractivity contribution in [1.82, 2.24) is 10.2 Å². The maximum Gasteiger partial charge on any atom is 0.301 e. The predicted octanol–water partition coefficient (Wildman–Crippen LogP) is 7.16. The summed E-state index contributed by atoms with van der Waals surface area (Å²) < 4.78 is 6.29. The number of hydrogen-bond acceptors (Lipinski definition) is 8. The van der Waals surface area contributed by atoms with Crippen LogP contribution >= 0.6 is 46.3 Å². The zero-order valence-corrected chi connectivity index (χ0v) is 23.7. The minimum absolute atomic E-state index is 0.0541. The number of aliphatic hydroxyl groups excluding tert-OH is 1. The minimum atomic E-state index is -0.942. The standard InChI is InChI=1S/C28H21Cl2N3O4S2/c1-2-37-21-5-3-4-18(14-21)23-22(24(34)17-8-12-20(30)13-9-17)25(35)26(36)33(23)27-31-32-28(39-27)38-15-16-6-10-19(29)11-7-16/h3-14,23,34H,2,15H2,1H3/b24-22+. The highest BCUT2D eigenvalue weighted by molar-refractivity contribution is 8.00. The summed E-state index contributed by atoms with van der Waals surface area (Å²) in [4.78, 5) is 28.1. The monoisotopic (exact) mass is 597 g/mol. The van der Waals surface area contributed by atoms with Gasteiger partial charge in [0.2, 0.25) is 5.13 Å². The summed E-state index contributed by atoms with van der Waals surface area (Å²) in [7, 11) is 0. The van der Waals surface area contributed by atoms with Crippen LogP contribution in [0.4, 0.5) is 5.13 Å². The molecule has 11 heteroatoms. The van der Waals surface area contributed by atoms with Gasteiger partial charge >= 0.3 is 5.91 Å². The zero-order valence-electron chi connectivity index (χ0n) is 20.5. The lowest BCUT2D eigenvalue weighted by atomic mass is 9.95. The van der Waals surface area contributed by atoms with E-state index in [0.29, 0.717) is 43.6 Å². The summed E-state index contributed by atoms with van der Waals surface area (Å²) in [5, 5.41) is 21.1. The number of aliphatic hydroxyl groups is 1. The quantitative estimate of drug-likeness (QED) is 0.0756. The van der Waals surface area contributed by atoms with E-state index >= 15 is 0 Å². The van der Waals surface area contributed by atoms with Crippen molar-refractivity contribution in [3.8, 4) is 5.75 Å². The van der Waals surface area contributed by atoms with Gasteiger partial charge in [0.25, 0.3) is 5.78 Å². The number of ketones is 1. The number of carbonyl (C=O) groups excluding carboxylic acids is 2. The third-order valence-corrected chi connectivity index (χ3v) is 8.56. The average molecular weight is 599 g/mol. The van der Waals surface area contributed by atoms with Crippen molar-refractivity contribution in [2.24, 2.45) is 0 Å². The van der Waals surface area contributed by atoms with Crippen LogP contribution in [0.2, 0.25) is 10.0 Å². The van der Waals surface area contributed by atoms with Crippen LogP contribution < -0.4 is 9.64 Å². The number of carbonyl (C=O) groups is 2. The first-order valence-corrected chi connectivity index (χ1v) is 14.4. The molecule has 1 aliphatic rings. The number of ether oxygens (including phenoxy) is 1. The molecule has 5 rings (SSSR count). The SMILES string of the molecule is CCOc1cccc(C2/C(=C(\O)c3ccc(Cl)cc3)C(=O)C(=O)N2c2nnc(SCc3ccc(Cl)cc3)s2)c1. The summed E-state index contributed by atoms with van der Waals surface area (Å²) in [6.45, 7) is 2.31. The molecule has 1 fully saturated rings. The Morgan fingerprint density at radius 1 is 1.03 bits per heavy atom. The summed E-state index contributed by atoms with van der Waals surface area (Å²) in [5.41, 5.74) is 1.94. The molecule has 1 atom stereocenters. The normalized spacial score (nSPS) is 16.6. The highest BCUT2D eigenvalue weighted by Crippen LogP contribution is 2.44. The number of hydrogen-bond donors (Lipinski definition) is 1. The molecule has 0 bridgehead atoms. The Bertz CT molecular complexity index is 1560. The van der Waals surface area contributed by atoms with Crippen molar-refractivity contribution in [3.63, 3.8) is 0 Å². The van der Waals surface area contributed by atoms with Gasteiger partial charge in [-0.3, -0.25) is 14.5 Å². The van der Waals surface area contributed by atoms with Gasteiger partial charge in [-0.2, -0.15) is 0 Å². The molecule has 2 heterocycles. The molecule has 4 aromatic rings. The third kappa shape index (κ3) is 5.81. The molecule has 1 amide bonds. The second kappa shape index (κ2) is 11.8. The first-order chi connectivity index (χ1) is 18.9. The lowest BCUT2D eigenvalue weighted by Crippen LogP contribution is -2.29. The number of halogens is 2. The first kappa shape index (κ1) is 27.2. The van der Waals surface area contributed by atoms with Gasteiger partial charge in [-0.25, -0.2) is 0 Å². The number of nitrogens with zero attached hydrogens (tertiary/aromatic N) is 3. The van der Waals surface area contributed by atoms with Gasteiger partial charge in [0.15, 0.2) is 4.34 Å². The second-order valence-electron chi connectivity index (χ2n) is 8.45. The Balaban J connectivity index is 1.54. The Morgan fingerprint density at radius 3 is 2.41 bits per heavy atom. The van der Waals surface area contributed by atoms with E-state index < -0.39 is 17.7 Å². The van der Waals surface area contributed by atoms with E-state index in [9.17, 15) is 14.7 Å². The van der Waals surface area contributed by atoms with Crippen molar-refractivity contribution in [3.05, 3.63) is 105 Å². The number of thioether (sulfide) groups is 1. The highest BCUT2D eigenvalue weighted by Gasteiger charge is 2.48. The van der Waals surface area contributed by atoms with Gasteiger partial charge in [0.1, 0.15) is 11.5 Å². The zero-order chi connectivity index (χ0) is 27.5. The predicted molar refractivity (Wildman–Crippen MR) is 155 cm³/mol. The van der Waals surface area contributed by atoms with Gasteiger partial charge in [-0.15, -0.1) is 10.2 Å². The fourth-order valence-corrected chi connectivity index (χ4v) is 6.21. The first-order valence-electron chi connectivity index (χ1n) is 11.9. The van der Waals surface area contributed by atoms with E-state index in [1.165, 1.54) is 28.0 Å². The smallest absolute Gasteiger partial charge is 0.301 e. The minimum Gasteiger partial charge on any atom is -0.507 e. The van der Waals surface area contributed by atoms with Gasteiger partial charge in [0.05, 0.1) is 18.2 Å². The highest BCUT2D eigenvalue weighted by atomic mass is 35.5. The Hall–Kier alpha value is -3.37. The van der Waals surface area contributed by atoms with Crippen molar-refractivity contribution in [2.45, 2.75) is 23.1 Å². The summed E-state index contributed by atoms with van der Waals surface area (Å²) in [6, 6.07) is 20.0. The van der Waals surface area contributed by atoms with E-state index in [1.54, 1.807) is 48.5 Å². The Morgan fingerprint density at radius 2 is 1.72 bits per heavy atom.